The van der Waals surface area contributed by atoms with Crippen LogP contribution in [0.2, 0.25) is 5.02 Å². The summed E-state index contributed by atoms with van der Waals surface area (Å²) in [6, 6.07) is 26.8. The second kappa shape index (κ2) is 15.5. The lowest BCUT2D eigenvalue weighted by Gasteiger charge is -2.26. The molecule has 0 spiro atoms. The maximum absolute atomic E-state index is 14.4. The van der Waals surface area contributed by atoms with Crippen molar-refractivity contribution in [3.8, 4) is 23.0 Å². The van der Waals surface area contributed by atoms with Crippen LogP contribution in [0.3, 0.4) is 0 Å². The van der Waals surface area contributed by atoms with Crippen molar-refractivity contribution < 1.29 is 28.5 Å². The molecule has 11 heteroatoms. The van der Waals surface area contributed by atoms with Crippen molar-refractivity contribution in [3.63, 3.8) is 0 Å². The van der Waals surface area contributed by atoms with Gasteiger partial charge in [0.1, 0.15) is 6.61 Å². The number of carbonyl (C=O) groups excluding carboxylic acids is 1. The number of carbonyl (C=O) groups is 1. The van der Waals surface area contributed by atoms with E-state index in [0.717, 1.165) is 11.1 Å². The predicted octanol–water partition coefficient (Wildman–Crippen LogP) is 6.58. The topological polar surface area (TPSA) is 97.6 Å². The number of hydrogen-bond acceptors (Lipinski definition) is 9. The van der Waals surface area contributed by atoms with Crippen molar-refractivity contribution in [3.05, 3.63) is 144 Å². The summed E-state index contributed by atoms with van der Waals surface area (Å²) in [7, 11) is 3.09. The van der Waals surface area contributed by atoms with Crippen molar-refractivity contribution in [2.45, 2.75) is 26.5 Å². The van der Waals surface area contributed by atoms with Gasteiger partial charge in [0.05, 0.1) is 49.3 Å². The highest BCUT2D eigenvalue weighted by molar-refractivity contribution is 7.07. The molecule has 0 saturated carbocycles. The van der Waals surface area contributed by atoms with Crippen LogP contribution in [0.15, 0.2) is 106 Å². The zero-order valence-electron chi connectivity index (χ0n) is 28.0. The Balaban J connectivity index is 1.50. The van der Waals surface area contributed by atoms with Crippen LogP contribution in [0, 0.1) is 0 Å². The van der Waals surface area contributed by atoms with E-state index in [1.54, 1.807) is 36.8 Å². The van der Waals surface area contributed by atoms with Gasteiger partial charge in [-0.05, 0) is 73.0 Å². The first-order valence-electron chi connectivity index (χ1n) is 16.0. The minimum Gasteiger partial charge on any atom is -0.493 e. The van der Waals surface area contributed by atoms with E-state index < -0.39 is 12.0 Å². The highest BCUT2D eigenvalue weighted by Crippen LogP contribution is 2.38. The summed E-state index contributed by atoms with van der Waals surface area (Å²) in [6.45, 7) is 4.51. The normalized spacial score (nSPS) is 14.1. The maximum atomic E-state index is 14.4. The van der Waals surface area contributed by atoms with Crippen LogP contribution >= 0.6 is 22.9 Å². The van der Waals surface area contributed by atoms with Crippen LogP contribution < -0.4 is 33.8 Å². The molecule has 0 saturated heterocycles. The molecule has 1 aliphatic rings. The average molecular weight is 711 g/mol. The molecule has 1 aliphatic heterocycles. The fourth-order valence-electron chi connectivity index (χ4n) is 5.72. The van der Waals surface area contributed by atoms with Gasteiger partial charge in [0, 0.05) is 10.6 Å². The summed E-state index contributed by atoms with van der Waals surface area (Å²) in [5, 5.41) is 0.631. The molecule has 0 aliphatic carbocycles. The Morgan fingerprint density at radius 1 is 0.860 bits per heavy atom. The minimum atomic E-state index is -0.872. The van der Waals surface area contributed by atoms with Crippen molar-refractivity contribution in [1.29, 1.82) is 0 Å². The molecule has 9 nitrogen and oxygen atoms in total. The molecular weight excluding hydrogens is 676 g/mol. The van der Waals surface area contributed by atoms with Gasteiger partial charge in [-0.1, -0.05) is 77.5 Å². The minimum absolute atomic E-state index is 0.147. The number of methoxy groups -OCH3 is 2. The highest BCUT2D eigenvalue weighted by atomic mass is 35.5. The van der Waals surface area contributed by atoms with E-state index in [9.17, 15) is 9.59 Å². The number of halogens is 1. The summed E-state index contributed by atoms with van der Waals surface area (Å²) in [4.78, 5) is 33.6. The number of esters is 1. The van der Waals surface area contributed by atoms with Gasteiger partial charge in [0.15, 0.2) is 27.8 Å². The Morgan fingerprint density at radius 3 is 2.36 bits per heavy atom. The van der Waals surface area contributed by atoms with Gasteiger partial charge in [-0.25, -0.2) is 9.79 Å². The molecule has 0 amide bonds. The predicted molar refractivity (Wildman–Crippen MR) is 194 cm³/mol. The SMILES string of the molecule is CCOC(=O)C1=C(c2ccccc2)N=c2s/c(=C\c3ccc(OCc4cccc(Cl)c4)c(OCC)c3)c(=O)n2[C@@H]1c1ccc(OC)c(OC)c1. The number of nitrogens with zero attached hydrogens (tertiary/aromatic N) is 2. The van der Waals surface area contributed by atoms with Crippen molar-refractivity contribution in [2.75, 3.05) is 27.4 Å². The van der Waals surface area contributed by atoms with E-state index in [-0.39, 0.29) is 17.7 Å². The molecule has 5 aromatic rings. The fraction of sp³-hybridized carbons (Fsp3) is 0.205. The van der Waals surface area contributed by atoms with Crippen LogP contribution in [0.1, 0.15) is 42.1 Å². The maximum Gasteiger partial charge on any atom is 0.338 e. The molecule has 1 atom stereocenters. The van der Waals surface area contributed by atoms with Crippen molar-refractivity contribution in [2.24, 2.45) is 4.99 Å². The number of hydrogen-bond donors (Lipinski definition) is 0. The summed E-state index contributed by atoms with van der Waals surface area (Å²) < 4.78 is 30.7. The monoisotopic (exact) mass is 710 g/mol. The molecule has 0 unspecified atom stereocenters. The molecule has 0 fully saturated rings. The lowest BCUT2D eigenvalue weighted by atomic mass is 9.93. The first kappa shape index (κ1) is 34.5. The Kier molecular flexibility index (Phi) is 10.7. The quantitative estimate of drug-likeness (QED) is 0.135. The van der Waals surface area contributed by atoms with Gasteiger partial charge in [0.2, 0.25) is 0 Å². The standard InChI is InChI=1S/C39H35ClN2O7S/c1-5-47-32-20-24(15-17-30(32)49-23-25-11-10-14-28(40)19-25)21-33-37(43)42-36(27-16-18-29(45-3)31(22-27)46-4)34(38(44)48-6-2)35(41-39(42)50-33)26-12-8-7-9-13-26/h7-22,36H,5-6,23H2,1-4H3/b33-21-/t36-/m1/s1. The van der Waals surface area contributed by atoms with Crippen LogP contribution in [0.5, 0.6) is 23.0 Å². The van der Waals surface area contributed by atoms with Crippen LogP contribution in [-0.2, 0) is 16.1 Å². The lowest BCUT2D eigenvalue weighted by Crippen LogP contribution is -2.40. The summed E-state index contributed by atoms with van der Waals surface area (Å²) in [5.74, 6) is 1.49. The number of thiazole rings is 1. The van der Waals surface area contributed by atoms with Crippen molar-refractivity contribution in [1.82, 2.24) is 4.57 Å². The molecule has 4 aromatic carbocycles. The second-order valence-electron chi connectivity index (χ2n) is 11.1. The second-order valence-corrected chi connectivity index (χ2v) is 12.5. The Morgan fingerprint density at radius 2 is 1.64 bits per heavy atom. The van der Waals surface area contributed by atoms with Crippen LogP contribution in [0.25, 0.3) is 11.8 Å². The van der Waals surface area contributed by atoms with Crippen LogP contribution in [0.4, 0.5) is 0 Å². The molecule has 2 heterocycles. The fourth-order valence-corrected chi connectivity index (χ4v) is 6.93. The molecule has 50 heavy (non-hydrogen) atoms. The zero-order valence-corrected chi connectivity index (χ0v) is 29.5. The number of rotatable bonds is 12. The van der Waals surface area contributed by atoms with E-state index in [1.165, 1.54) is 18.4 Å². The Hall–Kier alpha value is -5.32. The third-order valence-corrected chi connectivity index (χ3v) is 9.16. The molecule has 0 bridgehead atoms. The highest BCUT2D eigenvalue weighted by Gasteiger charge is 2.35. The van der Waals surface area contributed by atoms with Gasteiger partial charge in [-0.15, -0.1) is 0 Å². The molecule has 0 radical (unpaired) electrons. The summed E-state index contributed by atoms with van der Waals surface area (Å²) in [5.41, 5.74) is 3.34. The van der Waals surface area contributed by atoms with E-state index >= 15 is 0 Å². The first-order chi connectivity index (χ1) is 24.3. The Bertz CT molecular complexity index is 2240. The molecular formula is C39H35ClN2O7S. The molecule has 0 N–H and O–H groups in total. The summed E-state index contributed by atoms with van der Waals surface area (Å²) in [6.07, 6.45) is 1.79. The average Bonchev–Trinajstić information content (AvgIpc) is 3.44. The van der Waals surface area contributed by atoms with Gasteiger partial charge >= 0.3 is 5.97 Å². The van der Waals surface area contributed by atoms with E-state index in [1.807, 2.05) is 85.8 Å². The third kappa shape index (κ3) is 7.17. The van der Waals surface area contributed by atoms with Gasteiger partial charge in [-0.2, -0.15) is 0 Å². The van der Waals surface area contributed by atoms with Crippen LogP contribution in [-0.4, -0.2) is 38.0 Å². The number of benzene rings is 4. The van der Waals surface area contributed by atoms with E-state index in [4.69, 9.17) is 40.3 Å². The van der Waals surface area contributed by atoms with Crippen molar-refractivity contribution >= 4 is 40.7 Å². The lowest BCUT2D eigenvalue weighted by molar-refractivity contribution is -0.138. The largest absolute Gasteiger partial charge is 0.493 e. The third-order valence-electron chi connectivity index (χ3n) is 7.95. The van der Waals surface area contributed by atoms with Gasteiger partial charge in [0.25, 0.3) is 5.56 Å². The molecule has 256 valence electrons. The zero-order chi connectivity index (χ0) is 35.2. The van der Waals surface area contributed by atoms with Gasteiger partial charge < -0.3 is 23.7 Å². The van der Waals surface area contributed by atoms with Gasteiger partial charge in [-0.3, -0.25) is 9.36 Å². The van der Waals surface area contributed by atoms with E-state index in [2.05, 4.69) is 0 Å². The summed E-state index contributed by atoms with van der Waals surface area (Å²) >= 11 is 7.38. The molecule has 1 aromatic heterocycles. The number of ether oxygens (including phenoxy) is 5. The number of aromatic nitrogens is 1. The van der Waals surface area contributed by atoms with E-state index in [0.29, 0.717) is 67.4 Å². The number of fused-ring (bicyclic) bond motifs is 1. The Labute approximate surface area is 298 Å². The first-order valence-corrected chi connectivity index (χ1v) is 17.2. The molecule has 6 rings (SSSR count). The smallest absolute Gasteiger partial charge is 0.338 e.